The smallest absolute Gasteiger partial charge is 0.335 e. The Bertz CT molecular complexity index is 1520. The second-order valence-corrected chi connectivity index (χ2v) is 7.84. The van der Waals surface area contributed by atoms with Gasteiger partial charge in [-0.3, -0.25) is 35.1 Å². The van der Waals surface area contributed by atoms with Gasteiger partial charge in [-0.05, 0) is 54.1 Å². The van der Waals surface area contributed by atoms with E-state index in [2.05, 4.69) is 5.32 Å². The van der Waals surface area contributed by atoms with Crippen LogP contribution >= 0.6 is 11.6 Å². The summed E-state index contributed by atoms with van der Waals surface area (Å²) in [5.74, 6) is -2.29. The Balaban J connectivity index is 1.63. The number of nitrogens with one attached hydrogen (secondary N) is 1. The van der Waals surface area contributed by atoms with Crippen molar-refractivity contribution in [2.24, 2.45) is 0 Å². The molecule has 1 heterocycles. The molecule has 14 heteroatoms. The van der Waals surface area contributed by atoms with Gasteiger partial charge >= 0.3 is 11.7 Å². The molecule has 2 N–H and O–H groups in total. The molecule has 3 aromatic carbocycles. The Morgan fingerprint density at radius 2 is 1.59 bits per heavy atom. The number of halogens is 1. The van der Waals surface area contributed by atoms with Gasteiger partial charge in [-0.1, -0.05) is 17.7 Å². The minimum Gasteiger partial charge on any atom is -0.508 e. The zero-order valence-corrected chi connectivity index (χ0v) is 19.0. The van der Waals surface area contributed by atoms with Gasteiger partial charge in [-0.15, -0.1) is 0 Å². The monoisotopic (exact) mass is 524 g/mol. The van der Waals surface area contributed by atoms with E-state index < -0.39 is 39.1 Å². The third kappa shape index (κ3) is 5.06. The summed E-state index contributed by atoms with van der Waals surface area (Å²) >= 11 is 6.24. The molecule has 0 spiro atoms. The molecule has 1 aliphatic rings. The van der Waals surface area contributed by atoms with E-state index in [-0.39, 0.29) is 39.1 Å². The SMILES string of the molecule is O=C1NC(=O)N(c2ccc(O)cc2)C(=O)/C1=C/c1ccc(Oc2ccc([N+](=O)[O-])cc2[N+](=O)[O-])c(Cl)c1. The van der Waals surface area contributed by atoms with Crippen LogP contribution in [0.4, 0.5) is 21.9 Å². The molecule has 37 heavy (non-hydrogen) atoms. The fraction of sp³-hybridized carbons (Fsp3) is 0. The quantitative estimate of drug-likeness (QED) is 0.205. The lowest BCUT2D eigenvalue weighted by Crippen LogP contribution is -2.54. The number of phenols is 1. The predicted octanol–water partition coefficient (Wildman–Crippen LogP) is 4.32. The lowest BCUT2D eigenvalue weighted by atomic mass is 10.1. The first-order valence-electron chi connectivity index (χ1n) is 10.2. The van der Waals surface area contributed by atoms with E-state index in [0.717, 1.165) is 23.1 Å². The van der Waals surface area contributed by atoms with E-state index in [1.54, 1.807) is 0 Å². The molecule has 0 aromatic heterocycles. The Hall–Kier alpha value is -5.30. The lowest BCUT2D eigenvalue weighted by molar-refractivity contribution is -0.394. The maximum absolute atomic E-state index is 12.9. The van der Waals surface area contributed by atoms with Gasteiger partial charge in [0, 0.05) is 6.07 Å². The van der Waals surface area contributed by atoms with Crippen molar-refractivity contribution in [1.29, 1.82) is 0 Å². The number of nitro groups is 2. The van der Waals surface area contributed by atoms with Crippen LogP contribution in [0.5, 0.6) is 17.2 Å². The van der Waals surface area contributed by atoms with Crippen LogP contribution in [-0.2, 0) is 9.59 Å². The number of urea groups is 1. The average Bonchev–Trinajstić information content (AvgIpc) is 2.84. The highest BCUT2D eigenvalue weighted by Gasteiger charge is 2.36. The second kappa shape index (κ2) is 9.75. The maximum Gasteiger partial charge on any atom is 0.335 e. The minimum atomic E-state index is -0.968. The number of nitrogens with zero attached hydrogens (tertiary/aromatic N) is 3. The molecular weight excluding hydrogens is 512 g/mol. The standard InChI is InChI=1S/C23H13ClN4O9/c24-17-10-12(1-7-19(17)37-20-8-4-14(27(33)34)11-18(20)28(35)36)9-16-21(30)25-23(32)26(22(16)31)13-2-5-15(29)6-3-13/h1-11,29H,(H,25,30,32)/b16-9+. The van der Waals surface area contributed by atoms with Crippen molar-refractivity contribution in [2.75, 3.05) is 4.90 Å². The summed E-state index contributed by atoms with van der Waals surface area (Å²) in [6.45, 7) is 0. The summed E-state index contributed by atoms with van der Waals surface area (Å²) < 4.78 is 5.49. The number of nitro benzene ring substituents is 2. The number of hydrogen-bond donors (Lipinski definition) is 2. The van der Waals surface area contributed by atoms with Crippen molar-refractivity contribution >= 4 is 52.6 Å². The summed E-state index contributed by atoms with van der Waals surface area (Å²) in [7, 11) is 0. The van der Waals surface area contributed by atoms with Gasteiger partial charge in [0.05, 0.1) is 26.6 Å². The Morgan fingerprint density at radius 1 is 0.919 bits per heavy atom. The number of hydrogen-bond acceptors (Lipinski definition) is 9. The number of anilines is 1. The number of phenolic OH excluding ortho intramolecular Hbond substituents is 1. The van der Waals surface area contributed by atoms with E-state index in [1.807, 2.05) is 0 Å². The summed E-state index contributed by atoms with van der Waals surface area (Å²) in [5, 5.41) is 33.7. The summed E-state index contributed by atoms with van der Waals surface area (Å²) in [6.07, 6.45) is 1.18. The van der Waals surface area contributed by atoms with Crippen LogP contribution in [0.2, 0.25) is 5.02 Å². The van der Waals surface area contributed by atoms with Crippen molar-refractivity contribution in [3.8, 4) is 17.2 Å². The molecule has 186 valence electrons. The van der Waals surface area contributed by atoms with Crippen molar-refractivity contribution in [2.45, 2.75) is 0 Å². The van der Waals surface area contributed by atoms with Crippen LogP contribution in [0.1, 0.15) is 5.56 Å². The number of aromatic hydroxyl groups is 1. The maximum atomic E-state index is 12.9. The first-order chi connectivity index (χ1) is 17.5. The zero-order valence-electron chi connectivity index (χ0n) is 18.3. The number of imide groups is 2. The van der Waals surface area contributed by atoms with Crippen LogP contribution in [0.25, 0.3) is 6.08 Å². The van der Waals surface area contributed by atoms with Crippen molar-refractivity contribution in [1.82, 2.24) is 5.32 Å². The van der Waals surface area contributed by atoms with Gasteiger partial charge in [0.25, 0.3) is 17.5 Å². The molecular formula is C23H13ClN4O9. The topological polar surface area (TPSA) is 182 Å². The van der Waals surface area contributed by atoms with Gasteiger partial charge in [0.15, 0.2) is 0 Å². The molecule has 4 rings (SSSR count). The fourth-order valence-electron chi connectivity index (χ4n) is 3.32. The third-order valence-electron chi connectivity index (χ3n) is 5.05. The highest BCUT2D eigenvalue weighted by molar-refractivity contribution is 6.39. The number of benzene rings is 3. The first-order valence-corrected chi connectivity index (χ1v) is 10.5. The molecule has 0 saturated carbocycles. The number of carbonyl (C=O) groups is 3. The Morgan fingerprint density at radius 3 is 2.22 bits per heavy atom. The normalized spacial score (nSPS) is 14.5. The van der Waals surface area contributed by atoms with Crippen molar-refractivity contribution < 1.29 is 34.1 Å². The van der Waals surface area contributed by atoms with Crippen LogP contribution in [0, 0.1) is 20.2 Å². The summed E-state index contributed by atoms with van der Waals surface area (Å²) in [6, 6.07) is 11.1. The highest BCUT2D eigenvalue weighted by atomic mass is 35.5. The van der Waals surface area contributed by atoms with E-state index in [1.165, 1.54) is 48.5 Å². The van der Waals surface area contributed by atoms with Gasteiger partial charge in [0.1, 0.15) is 17.1 Å². The molecule has 1 saturated heterocycles. The van der Waals surface area contributed by atoms with Crippen molar-refractivity contribution in [3.05, 3.63) is 97.1 Å². The van der Waals surface area contributed by atoms with Crippen molar-refractivity contribution in [3.63, 3.8) is 0 Å². The predicted molar refractivity (Wildman–Crippen MR) is 128 cm³/mol. The highest BCUT2D eigenvalue weighted by Crippen LogP contribution is 2.37. The Labute approximate surface area is 211 Å². The molecule has 4 amide bonds. The van der Waals surface area contributed by atoms with E-state index in [9.17, 15) is 39.7 Å². The van der Waals surface area contributed by atoms with Gasteiger partial charge in [-0.25, -0.2) is 9.69 Å². The molecule has 1 aliphatic heterocycles. The van der Waals surface area contributed by atoms with Crippen LogP contribution < -0.4 is 15.0 Å². The number of ether oxygens (including phenoxy) is 1. The van der Waals surface area contributed by atoms with Gasteiger partial charge in [0.2, 0.25) is 5.75 Å². The fourth-order valence-corrected chi connectivity index (χ4v) is 3.54. The van der Waals surface area contributed by atoms with Crippen LogP contribution in [0.15, 0.2) is 66.2 Å². The summed E-state index contributed by atoms with van der Waals surface area (Å²) in [4.78, 5) is 58.9. The number of amides is 4. The molecule has 3 aromatic rings. The Kier molecular flexibility index (Phi) is 6.54. The largest absolute Gasteiger partial charge is 0.508 e. The molecule has 0 bridgehead atoms. The van der Waals surface area contributed by atoms with E-state index in [0.29, 0.717) is 0 Å². The summed E-state index contributed by atoms with van der Waals surface area (Å²) in [5.41, 5.74) is -1.16. The van der Waals surface area contributed by atoms with E-state index >= 15 is 0 Å². The molecule has 0 unspecified atom stereocenters. The lowest BCUT2D eigenvalue weighted by Gasteiger charge is -2.26. The number of barbiturate groups is 1. The van der Waals surface area contributed by atoms with Gasteiger partial charge in [-0.2, -0.15) is 0 Å². The minimum absolute atomic E-state index is 0.0407. The molecule has 0 atom stereocenters. The number of non-ortho nitro benzene ring substituents is 1. The van der Waals surface area contributed by atoms with Crippen LogP contribution in [0.3, 0.4) is 0 Å². The average molecular weight is 525 g/mol. The molecule has 13 nitrogen and oxygen atoms in total. The first kappa shape index (κ1) is 24.8. The van der Waals surface area contributed by atoms with E-state index in [4.69, 9.17) is 16.3 Å². The second-order valence-electron chi connectivity index (χ2n) is 7.43. The van der Waals surface area contributed by atoms with Gasteiger partial charge < -0.3 is 9.84 Å². The number of carbonyl (C=O) groups excluding carboxylic acids is 3. The molecule has 0 aliphatic carbocycles. The number of rotatable bonds is 6. The third-order valence-corrected chi connectivity index (χ3v) is 5.34. The van der Waals surface area contributed by atoms with Crippen LogP contribution in [-0.4, -0.2) is 32.8 Å². The molecule has 1 fully saturated rings. The molecule has 0 radical (unpaired) electrons. The zero-order chi connectivity index (χ0) is 26.9.